The topological polar surface area (TPSA) is 66.5 Å². The summed E-state index contributed by atoms with van der Waals surface area (Å²) in [4.78, 5) is 12.7. The summed E-state index contributed by atoms with van der Waals surface area (Å²) < 4.78 is 25.9. The number of carbonyl (C=O) groups excluding carboxylic acids is 1. The van der Waals surface area contributed by atoms with Crippen LogP contribution < -0.4 is 9.62 Å². The Hall–Kier alpha value is -2.34. The van der Waals surface area contributed by atoms with Gasteiger partial charge < -0.3 is 5.32 Å². The summed E-state index contributed by atoms with van der Waals surface area (Å²) in [7, 11) is -3.60. The number of carbonyl (C=O) groups is 1. The number of amides is 1. The molecule has 26 heavy (non-hydrogen) atoms. The SMILES string of the molecule is CCc1cccc(C)c1NC(=O)CN(c1c(C)cccc1C)S(C)(=O)=O. The van der Waals surface area contributed by atoms with Crippen molar-refractivity contribution in [3.05, 3.63) is 58.7 Å². The Bertz CT molecular complexity index is 900. The van der Waals surface area contributed by atoms with Gasteiger partial charge in [-0.1, -0.05) is 43.3 Å². The predicted molar refractivity (Wildman–Crippen MR) is 107 cm³/mol. The lowest BCUT2D eigenvalue weighted by molar-refractivity contribution is -0.114. The molecule has 0 radical (unpaired) electrons. The van der Waals surface area contributed by atoms with Crippen molar-refractivity contribution in [3.63, 3.8) is 0 Å². The molecule has 1 amide bonds. The number of rotatable bonds is 6. The quantitative estimate of drug-likeness (QED) is 0.840. The normalized spacial score (nSPS) is 11.3. The predicted octanol–water partition coefficient (Wildman–Crippen LogP) is 3.58. The Balaban J connectivity index is 2.35. The van der Waals surface area contributed by atoms with Crippen LogP contribution in [0.3, 0.4) is 0 Å². The second-order valence-electron chi connectivity index (χ2n) is 6.52. The van der Waals surface area contributed by atoms with Crippen LogP contribution in [0.4, 0.5) is 11.4 Å². The second-order valence-corrected chi connectivity index (χ2v) is 8.43. The van der Waals surface area contributed by atoms with Crippen molar-refractivity contribution in [2.24, 2.45) is 0 Å². The van der Waals surface area contributed by atoms with Crippen molar-refractivity contribution in [2.45, 2.75) is 34.1 Å². The number of hydrogen-bond acceptors (Lipinski definition) is 3. The van der Waals surface area contributed by atoms with Crippen LogP contribution in [0, 0.1) is 20.8 Å². The summed E-state index contributed by atoms with van der Waals surface area (Å²) in [5.74, 6) is -0.359. The number of benzene rings is 2. The average Bonchev–Trinajstić information content (AvgIpc) is 2.54. The molecule has 0 saturated carbocycles. The molecular formula is C20H26N2O3S. The van der Waals surface area contributed by atoms with Gasteiger partial charge in [-0.2, -0.15) is 0 Å². The number of nitrogens with one attached hydrogen (secondary N) is 1. The average molecular weight is 375 g/mol. The minimum Gasteiger partial charge on any atom is -0.324 e. The monoisotopic (exact) mass is 374 g/mol. The summed E-state index contributed by atoms with van der Waals surface area (Å²) in [6.07, 6.45) is 1.90. The molecule has 0 aliphatic carbocycles. The standard InChI is InChI=1S/C20H26N2O3S/c1-6-17-12-8-9-14(2)19(17)21-18(23)13-22(26(5,24)25)20-15(3)10-7-11-16(20)4/h7-12H,6,13H2,1-5H3,(H,21,23). The zero-order chi connectivity index (χ0) is 19.5. The van der Waals surface area contributed by atoms with E-state index in [9.17, 15) is 13.2 Å². The Morgan fingerprint density at radius 2 is 1.54 bits per heavy atom. The van der Waals surface area contributed by atoms with Crippen LogP contribution in [-0.2, 0) is 21.2 Å². The lowest BCUT2D eigenvalue weighted by Crippen LogP contribution is -2.38. The Kier molecular flexibility index (Phi) is 6.08. The first-order valence-corrected chi connectivity index (χ1v) is 10.4. The van der Waals surface area contributed by atoms with E-state index in [2.05, 4.69) is 5.32 Å². The molecule has 0 heterocycles. The highest BCUT2D eigenvalue weighted by atomic mass is 32.2. The van der Waals surface area contributed by atoms with Gasteiger partial charge in [0.25, 0.3) is 0 Å². The minimum atomic E-state index is -3.60. The molecule has 140 valence electrons. The van der Waals surface area contributed by atoms with Gasteiger partial charge in [-0.15, -0.1) is 0 Å². The van der Waals surface area contributed by atoms with Crippen molar-refractivity contribution in [3.8, 4) is 0 Å². The highest BCUT2D eigenvalue weighted by molar-refractivity contribution is 7.92. The first kappa shape index (κ1) is 20.0. The van der Waals surface area contributed by atoms with Crippen LogP contribution in [0.15, 0.2) is 36.4 Å². The van der Waals surface area contributed by atoms with Gasteiger partial charge in [0.2, 0.25) is 15.9 Å². The van der Waals surface area contributed by atoms with Gasteiger partial charge in [0, 0.05) is 5.69 Å². The fourth-order valence-electron chi connectivity index (χ4n) is 3.07. The zero-order valence-corrected chi connectivity index (χ0v) is 16.8. The lowest BCUT2D eigenvalue weighted by atomic mass is 10.1. The molecule has 0 bridgehead atoms. The van der Waals surface area contributed by atoms with Crippen LogP contribution in [0.1, 0.15) is 29.2 Å². The fraction of sp³-hybridized carbons (Fsp3) is 0.350. The van der Waals surface area contributed by atoms with Crippen LogP contribution in [-0.4, -0.2) is 27.1 Å². The third-order valence-electron chi connectivity index (χ3n) is 4.38. The highest BCUT2D eigenvalue weighted by Crippen LogP contribution is 2.27. The molecule has 0 fully saturated rings. The molecule has 0 saturated heterocycles. The van der Waals surface area contributed by atoms with E-state index in [1.807, 2.05) is 64.1 Å². The van der Waals surface area contributed by atoms with E-state index < -0.39 is 10.0 Å². The molecule has 2 aromatic rings. The molecule has 0 aromatic heterocycles. The number of sulfonamides is 1. The maximum atomic E-state index is 12.7. The van der Waals surface area contributed by atoms with Crippen LogP contribution in [0.5, 0.6) is 0 Å². The second kappa shape index (κ2) is 7.91. The number of anilines is 2. The van der Waals surface area contributed by atoms with Gasteiger partial charge >= 0.3 is 0 Å². The maximum absolute atomic E-state index is 12.7. The summed E-state index contributed by atoms with van der Waals surface area (Å²) in [5.41, 5.74) is 4.93. The Morgan fingerprint density at radius 1 is 1.00 bits per heavy atom. The van der Waals surface area contributed by atoms with E-state index in [4.69, 9.17) is 0 Å². The molecule has 0 unspecified atom stereocenters. The molecule has 2 aromatic carbocycles. The van der Waals surface area contributed by atoms with Crippen molar-refractivity contribution in [1.29, 1.82) is 0 Å². The first-order valence-electron chi connectivity index (χ1n) is 8.57. The van der Waals surface area contributed by atoms with E-state index in [1.165, 1.54) is 4.31 Å². The van der Waals surface area contributed by atoms with Gasteiger partial charge in [0.15, 0.2) is 0 Å². The zero-order valence-electron chi connectivity index (χ0n) is 16.0. The van der Waals surface area contributed by atoms with Gasteiger partial charge in [-0.25, -0.2) is 8.42 Å². The fourth-order valence-corrected chi connectivity index (χ4v) is 4.04. The molecule has 0 aliphatic rings. The van der Waals surface area contributed by atoms with Crippen molar-refractivity contribution in [1.82, 2.24) is 0 Å². The molecule has 0 atom stereocenters. The van der Waals surface area contributed by atoms with E-state index in [0.717, 1.165) is 40.6 Å². The van der Waals surface area contributed by atoms with E-state index in [-0.39, 0.29) is 12.5 Å². The summed E-state index contributed by atoms with van der Waals surface area (Å²) in [6, 6.07) is 11.4. The van der Waals surface area contributed by atoms with Gasteiger partial charge in [-0.3, -0.25) is 9.10 Å². The molecule has 6 heteroatoms. The summed E-state index contributed by atoms with van der Waals surface area (Å²) in [6.45, 7) is 7.37. The van der Waals surface area contributed by atoms with Crippen molar-refractivity contribution in [2.75, 3.05) is 22.4 Å². The molecule has 5 nitrogen and oxygen atoms in total. The lowest BCUT2D eigenvalue weighted by Gasteiger charge is -2.25. The van der Waals surface area contributed by atoms with Crippen molar-refractivity contribution >= 4 is 27.3 Å². The van der Waals surface area contributed by atoms with Crippen LogP contribution in [0.2, 0.25) is 0 Å². The first-order chi connectivity index (χ1) is 12.1. The van der Waals surface area contributed by atoms with Crippen molar-refractivity contribution < 1.29 is 13.2 Å². The molecular weight excluding hydrogens is 348 g/mol. The number of para-hydroxylation sites is 2. The number of hydrogen-bond donors (Lipinski definition) is 1. The van der Waals surface area contributed by atoms with Gasteiger partial charge in [0.05, 0.1) is 11.9 Å². The largest absolute Gasteiger partial charge is 0.324 e. The Morgan fingerprint density at radius 3 is 2.08 bits per heavy atom. The number of nitrogens with zero attached hydrogens (tertiary/aromatic N) is 1. The minimum absolute atomic E-state index is 0.262. The maximum Gasteiger partial charge on any atom is 0.245 e. The van der Waals surface area contributed by atoms with Crippen LogP contribution >= 0.6 is 0 Å². The summed E-state index contributed by atoms with van der Waals surface area (Å²) in [5, 5.41) is 2.90. The van der Waals surface area contributed by atoms with E-state index in [1.54, 1.807) is 0 Å². The van der Waals surface area contributed by atoms with E-state index >= 15 is 0 Å². The molecule has 0 aliphatic heterocycles. The highest BCUT2D eigenvalue weighted by Gasteiger charge is 2.24. The summed E-state index contributed by atoms with van der Waals surface area (Å²) >= 11 is 0. The Labute approximate surface area is 156 Å². The molecule has 1 N–H and O–H groups in total. The molecule has 2 rings (SSSR count). The third kappa shape index (κ3) is 4.43. The van der Waals surface area contributed by atoms with E-state index in [0.29, 0.717) is 5.69 Å². The third-order valence-corrected chi connectivity index (χ3v) is 5.49. The van der Waals surface area contributed by atoms with Gasteiger partial charge in [0.1, 0.15) is 6.54 Å². The van der Waals surface area contributed by atoms with Gasteiger partial charge in [-0.05, 0) is 49.4 Å². The van der Waals surface area contributed by atoms with Crippen LogP contribution in [0.25, 0.3) is 0 Å². The number of aryl methyl sites for hydroxylation is 4. The molecule has 0 spiro atoms. The smallest absolute Gasteiger partial charge is 0.245 e.